The Morgan fingerprint density at radius 1 is 1.24 bits per heavy atom. The molecular formula is C9H10BrCl2N5. The molecule has 0 radical (unpaired) electrons. The summed E-state index contributed by atoms with van der Waals surface area (Å²) in [7, 11) is 0. The molecule has 0 fully saturated rings. The second kappa shape index (κ2) is 5.57. The van der Waals surface area contributed by atoms with Gasteiger partial charge in [0.2, 0.25) is 5.96 Å². The quantitative estimate of drug-likeness (QED) is 0.415. The molecular weight excluding hydrogens is 329 g/mol. The number of nitrogens with zero attached hydrogens (tertiary/aromatic N) is 2. The first-order valence-electron chi connectivity index (χ1n) is 4.40. The fourth-order valence-corrected chi connectivity index (χ4v) is 2.26. The second-order valence-corrected chi connectivity index (χ2v) is 4.77. The van der Waals surface area contributed by atoms with Crippen molar-refractivity contribution in [2.45, 2.75) is 6.92 Å². The Kier molecular flexibility index (Phi) is 4.62. The van der Waals surface area contributed by atoms with Crippen molar-refractivity contribution in [1.29, 1.82) is 0 Å². The molecule has 0 aliphatic rings. The number of hydrogen-bond acceptors (Lipinski definition) is 1. The summed E-state index contributed by atoms with van der Waals surface area (Å²) in [6, 6.07) is 1.77. The van der Waals surface area contributed by atoms with Crippen LogP contribution in [-0.2, 0) is 0 Å². The van der Waals surface area contributed by atoms with Gasteiger partial charge in [-0.05, 0) is 34.5 Å². The molecule has 5 nitrogen and oxygen atoms in total. The molecule has 0 unspecified atom stereocenters. The monoisotopic (exact) mass is 337 g/mol. The molecule has 0 amide bonds. The molecule has 92 valence electrons. The number of guanidine groups is 2. The lowest BCUT2D eigenvalue weighted by Crippen LogP contribution is -2.26. The van der Waals surface area contributed by atoms with Crippen LogP contribution in [0.15, 0.2) is 20.5 Å². The Balaban J connectivity index is 3.34. The zero-order chi connectivity index (χ0) is 13.2. The first-order chi connectivity index (χ1) is 7.82. The number of halogens is 3. The highest BCUT2D eigenvalue weighted by atomic mass is 79.9. The van der Waals surface area contributed by atoms with Crippen molar-refractivity contribution in [1.82, 2.24) is 0 Å². The van der Waals surface area contributed by atoms with Crippen LogP contribution in [-0.4, -0.2) is 11.9 Å². The van der Waals surface area contributed by atoms with Crippen molar-refractivity contribution in [3.8, 4) is 0 Å². The van der Waals surface area contributed by atoms with Crippen LogP contribution in [0.4, 0.5) is 5.69 Å². The Morgan fingerprint density at radius 2 is 1.82 bits per heavy atom. The molecule has 0 heterocycles. The average Bonchev–Trinajstić information content (AvgIpc) is 2.20. The summed E-state index contributed by atoms with van der Waals surface area (Å²) in [5.74, 6) is -0.288. The lowest BCUT2D eigenvalue weighted by atomic mass is 10.2. The second-order valence-electron chi connectivity index (χ2n) is 3.16. The minimum Gasteiger partial charge on any atom is -0.370 e. The van der Waals surface area contributed by atoms with Gasteiger partial charge in [0.15, 0.2) is 5.96 Å². The van der Waals surface area contributed by atoms with E-state index < -0.39 is 0 Å². The number of aliphatic imine (C=N–C) groups is 2. The van der Waals surface area contributed by atoms with Crippen LogP contribution >= 0.6 is 39.1 Å². The van der Waals surface area contributed by atoms with E-state index in [0.717, 1.165) is 5.56 Å². The molecule has 0 aliphatic carbocycles. The topological polar surface area (TPSA) is 103 Å². The van der Waals surface area contributed by atoms with Gasteiger partial charge in [-0.1, -0.05) is 23.2 Å². The van der Waals surface area contributed by atoms with E-state index in [1.54, 1.807) is 6.07 Å². The zero-order valence-electron chi connectivity index (χ0n) is 8.84. The summed E-state index contributed by atoms with van der Waals surface area (Å²) in [6.07, 6.45) is 0. The molecule has 0 aliphatic heterocycles. The molecule has 0 bridgehead atoms. The fraction of sp³-hybridized carbons (Fsp3) is 0.111. The Labute approximate surface area is 117 Å². The predicted molar refractivity (Wildman–Crippen MR) is 76.0 cm³/mol. The molecule has 1 aromatic carbocycles. The van der Waals surface area contributed by atoms with Crippen molar-refractivity contribution in [2.24, 2.45) is 27.2 Å². The van der Waals surface area contributed by atoms with Gasteiger partial charge in [-0.3, -0.25) is 0 Å². The number of nitrogens with two attached hydrogens (primary N) is 3. The van der Waals surface area contributed by atoms with Gasteiger partial charge in [0.1, 0.15) is 5.69 Å². The normalized spacial score (nSPS) is 11.4. The van der Waals surface area contributed by atoms with Crippen LogP contribution < -0.4 is 17.2 Å². The molecule has 0 saturated heterocycles. The number of benzene rings is 1. The standard InChI is InChI=1S/C9H10BrCl2N5/c1-3-2-4(10)7(6(12)5(3)11)16-9(15)17-8(13)14/h2H,1H3,(H6,13,14,15,16,17). The summed E-state index contributed by atoms with van der Waals surface area (Å²) in [5.41, 5.74) is 17.1. The zero-order valence-corrected chi connectivity index (χ0v) is 11.9. The van der Waals surface area contributed by atoms with E-state index in [1.807, 2.05) is 6.92 Å². The van der Waals surface area contributed by atoms with E-state index in [-0.39, 0.29) is 16.9 Å². The van der Waals surface area contributed by atoms with Crippen molar-refractivity contribution in [3.05, 3.63) is 26.1 Å². The van der Waals surface area contributed by atoms with Gasteiger partial charge in [-0.25, -0.2) is 4.99 Å². The lowest BCUT2D eigenvalue weighted by Gasteiger charge is -2.07. The fourth-order valence-electron chi connectivity index (χ4n) is 1.08. The molecule has 6 N–H and O–H groups in total. The van der Waals surface area contributed by atoms with E-state index in [4.69, 9.17) is 40.4 Å². The minimum absolute atomic E-state index is 0.104. The van der Waals surface area contributed by atoms with E-state index in [1.165, 1.54) is 0 Å². The Hall–Kier alpha value is -0.980. The van der Waals surface area contributed by atoms with Crippen LogP contribution in [0.2, 0.25) is 10.0 Å². The molecule has 1 aromatic rings. The van der Waals surface area contributed by atoms with Crippen LogP contribution in [0.1, 0.15) is 5.56 Å². The minimum atomic E-state index is -0.184. The van der Waals surface area contributed by atoms with Gasteiger partial charge in [0.05, 0.1) is 10.0 Å². The predicted octanol–water partition coefficient (Wildman–Crippen LogP) is 2.28. The summed E-state index contributed by atoms with van der Waals surface area (Å²) >= 11 is 15.4. The summed E-state index contributed by atoms with van der Waals surface area (Å²) in [4.78, 5) is 7.57. The van der Waals surface area contributed by atoms with Crippen molar-refractivity contribution in [2.75, 3.05) is 0 Å². The van der Waals surface area contributed by atoms with E-state index in [2.05, 4.69) is 25.9 Å². The lowest BCUT2D eigenvalue weighted by molar-refractivity contribution is 1.35. The third kappa shape index (κ3) is 3.49. The number of hydrogen-bond donors (Lipinski definition) is 3. The van der Waals surface area contributed by atoms with E-state index in [0.29, 0.717) is 15.2 Å². The van der Waals surface area contributed by atoms with E-state index in [9.17, 15) is 0 Å². The van der Waals surface area contributed by atoms with Crippen LogP contribution in [0.3, 0.4) is 0 Å². The maximum Gasteiger partial charge on any atom is 0.223 e. The molecule has 0 saturated carbocycles. The SMILES string of the molecule is Cc1cc(Br)c(N=C(N)N=C(N)N)c(Cl)c1Cl. The third-order valence-corrected chi connectivity index (χ3v) is 3.34. The molecule has 0 spiro atoms. The third-order valence-electron chi connectivity index (χ3n) is 1.79. The Bertz CT molecular complexity index is 509. The van der Waals surface area contributed by atoms with Crippen LogP contribution in [0.5, 0.6) is 0 Å². The molecule has 0 aromatic heterocycles. The van der Waals surface area contributed by atoms with Gasteiger partial charge in [0.25, 0.3) is 0 Å². The first-order valence-corrected chi connectivity index (χ1v) is 5.95. The van der Waals surface area contributed by atoms with Crippen molar-refractivity contribution < 1.29 is 0 Å². The van der Waals surface area contributed by atoms with Crippen molar-refractivity contribution in [3.63, 3.8) is 0 Å². The van der Waals surface area contributed by atoms with Gasteiger partial charge in [0, 0.05) is 4.47 Å². The number of aryl methyl sites for hydroxylation is 1. The molecule has 1 rings (SSSR count). The average molecular weight is 339 g/mol. The smallest absolute Gasteiger partial charge is 0.223 e. The molecule has 17 heavy (non-hydrogen) atoms. The van der Waals surface area contributed by atoms with Crippen molar-refractivity contribution >= 4 is 56.7 Å². The van der Waals surface area contributed by atoms with Gasteiger partial charge in [-0.15, -0.1) is 0 Å². The van der Waals surface area contributed by atoms with E-state index >= 15 is 0 Å². The van der Waals surface area contributed by atoms with Crippen LogP contribution in [0, 0.1) is 6.92 Å². The van der Waals surface area contributed by atoms with Gasteiger partial charge >= 0.3 is 0 Å². The summed E-state index contributed by atoms with van der Waals surface area (Å²) < 4.78 is 0.651. The highest BCUT2D eigenvalue weighted by Gasteiger charge is 2.12. The molecule has 0 atom stereocenters. The maximum atomic E-state index is 6.05. The molecule has 8 heteroatoms. The van der Waals surface area contributed by atoms with Gasteiger partial charge in [-0.2, -0.15) is 4.99 Å². The first kappa shape index (κ1) is 14.1. The highest BCUT2D eigenvalue weighted by Crippen LogP contribution is 2.40. The maximum absolute atomic E-state index is 6.05. The summed E-state index contributed by atoms with van der Waals surface area (Å²) in [5, 5.41) is 0.693. The highest BCUT2D eigenvalue weighted by molar-refractivity contribution is 9.10. The number of rotatable bonds is 1. The summed E-state index contributed by atoms with van der Waals surface area (Å²) in [6.45, 7) is 1.83. The largest absolute Gasteiger partial charge is 0.370 e. The van der Waals surface area contributed by atoms with Crippen LogP contribution in [0.25, 0.3) is 0 Å². The Morgan fingerprint density at radius 3 is 2.35 bits per heavy atom. The van der Waals surface area contributed by atoms with Gasteiger partial charge < -0.3 is 17.2 Å².